The fourth-order valence-corrected chi connectivity index (χ4v) is 3.34. The SMILES string of the molecule is CC(C)N1CCC(C(=O)c2cccc3ccccc23)CC1. The van der Waals surface area contributed by atoms with E-state index in [1.54, 1.807) is 0 Å². The summed E-state index contributed by atoms with van der Waals surface area (Å²) in [6, 6.07) is 14.8. The summed E-state index contributed by atoms with van der Waals surface area (Å²) in [5.74, 6) is 0.515. The van der Waals surface area contributed by atoms with Crippen LogP contribution in [0.1, 0.15) is 37.0 Å². The fourth-order valence-electron chi connectivity index (χ4n) is 3.34. The Morgan fingerprint density at radius 2 is 1.71 bits per heavy atom. The van der Waals surface area contributed by atoms with Gasteiger partial charge in [0.2, 0.25) is 0 Å². The smallest absolute Gasteiger partial charge is 0.166 e. The average Bonchev–Trinajstić information content (AvgIpc) is 2.53. The number of Topliss-reactive ketones (excluding diaryl/α,β-unsaturated/α-hetero) is 1. The van der Waals surface area contributed by atoms with Gasteiger partial charge in [-0.2, -0.15) is 0 Å². The molecule has 2 heteroatoms. The zero-order chi connectivity index (χ0) is 14.8. The fraction of sp³-hybridized carbons (Fsp3) is 0.421. The van der Waals surface area contributed by atoms with Gasteiger partial charge in [-0.15, -0.1) is 0 Å². The molecule has 3 rings (SSSR count). The van der Waals surface area contributed by atoms with E-state index in [1.165, 1.54) is 0 Å². The van der Waals surface area contributed by atoms with Gasteiger partial charge in [0.25, 0.3) is 0 Å². The van der Waals surface area contributed by atoms with Gasteiger partial charge >= 0.3 is 0 Å². The Labute approximate surface area is 126 Å². The molecule has 0 radical (unpaired) electrons. The van der Waals surface area contributed by atoms with Crippen LogP contribution >= 0.6 is 0 Å². The van der Waals surface area contributed by atoms with Gasteiger partial charge in [0.1, 0.15) is 0 Å². The summed E-state index contributed by atoms with van der Waals surface area (Å²) in [7, 11) is 0. The first kappa shape index (κ1) is 14.3. The van der Waals surface area contributed by atoms with Crippen molar-refractivity contribution in [3.63, 3.8) is 0 Å². The number of hydrogen-bond donors (Lipinski definition) is 0. The average molecular weight is 281 g/mol. The van der Waals surface area contributed by atoms with Gasteiger partial charge in [-0.25, -0.2) is 0 Å². The van der Waals surface area contributed by atoms with Crippen LogP contribution in [-0.4, -0.2) is 29.8 Å². The van der Waals surface area contributed by atoms with E-state index in [-0.39, 0.29) is 5.92 Å². The highest BCUT2D eigenvalue weighted by atomic mass is 16.1. The summed E-state index contributed by atoms with van der Waals surface area (Å²) in [4.78, 5) is 15.3. The minimum Gasteiger partial charge on any atom is -0.301 e. The van der Waals surface area contributed by atoms with E-state index in [1.807, 2.05) is 24.3 Å². The van der Waals surface area contributed by atoms with Gasteiger partial charge in [0.05, 0.1) is 0 Å². The number of ketones is 1. The minimum absolute atomic E-state index is 0.186. The summed E-state index contributed by atoms with van der Waals surface area (Å²) < 4.78 is 0. The summed E-state index contributed by atoms with van der Waals surface area (Å²) >= 11 is 0. The first-order valence-electron chi connectivity index (χ1n) is 7.93. The molecular weight excluding hydrogens is 258 g/mol. The molecule has 0 amide bonds. The number of rotatable bonds is 3. The predicted octanol–water partition coefficient (Wildman–Crippen LogP) is 4.14. The van der Waals surface area contributed by atoms with Crippen molar-refractivity contribution in [1.29, 1.82) is 0 Å². The first-order valence-corrected chi connectivity index (χ1v) is 7.93. The third kappa shape index (κ3) is 2.86. The van der Waals surface area contributed by atoms with Crippen molar-refractivity contribution in [2.24, 2.45) is 5.92 Å². The van der Waals surface area contributed by atoms with Crippen molar-refractivity contribution in [1.82, 2.24) is 4.90 Å². The first-order chi connectivity index (χ1) is 10.2. The van der Waals surface area contributed by atoms with Crippen molar-refractivity contribution in [2.75, 3.05) is 13.1 Å². The number of carbonyl (C=O) groups excluding carboxylic acids is 1. The monoisotopic (exact) mass is 281 g/mol. The van der Waals surface area contributed by atoms with Gasteiger partial charge in [-0.1, -0.05) is 42.5 Å². The molecule has 1 saturated heterocycles. The molecule has 21 heavy (non-hydrogen) atoms. The van der Waals surface area contributed by atoms with Crippen LogP contribution < -0.4 is 0 Å². The van der Waals surface area contributed by atoms with Gasteiger partial charge < -0.3 is 4.90 Å². The van der Waals surface area contributed by atoms with Gasteiger partial charge in [-0.3, -0.25) is 4.79 Å². The number of benzene rings is 2. The van der Waals surface area contributed by atoms with Gasteiger partial charge in [0, 0.05) is 17.5 Å². The molecule has 0 aliphatic carbocycles. The largest absolute Gasteiger partial charge is 0.301 e. The van der Waals surface area contributed by atoms with E-state index in [4.69, 9.17) is 0 Å². The third-order valence-electron chi connectivity index (χ3n) is 4.69. The topological polar surface area (TPSA) is 20.3 Å². The van der Waals surface area contributed by atoms with Crippen molar-refractivity contribution in [3.05, 3.63) is 48.0 Å². The van der Waals surface area contributed by atoms with Crippen LogP contribution in [0.3, 0.4) is 0 Å². The van der Waals surface area contributed by atoms with E-state index >= 15 is 0 Å². The normalized spacial score (nSPS) is 17.5. The minimum atomic E-state index is 0.186. The van der Waals surface area contributed by atoms with E-state index in [0.717, 1.165) is 42.3 Å². The molecule has 0 unspecified atom stereocenters. The molecule has 1 heterocycles. The lowest BCUT2D eigenvalue weighted by atomic mass is 9.86. The number of likely N-dealkylation sites (tertiary alicyclic amines) is 1. The maximum absolute atomic E-state index is 12.9. The van der Waals surface area contributed by atoms with Gasteiger partial charge in [0.15, 0.2) is 5.78 Å². The zero-order valence-electron chi connectivity index (χ0n) is 12.9. The predicted molar refractivity (Wildman–Crippen MR) is 87.7 cm³/mol. The Balaban J connectivity index is 1.82. The lowest BCUT2D eigenvalue weighted by molar-refractivity contribution is 0.0813. The molecule has 2 aromatic rings. The molecule has 0 aromatic heterocycles. The standard InChI is InChI=1S/C19H23NO/c1-14(2)20-12-10-16(11-13-20)19(21)18-9-5-7-15-6-3-4-8-17(15)18/h3-9,14,16H,10-13H2,1-2H3. The molecule has 2 nitrogen and oxygen atoms in total. The van der Waals surface area contributed by atoms with E-state index in [0.29, 0.717) is 11.8 Å². The Bertz CT molecular complexity index is 634. The summed E-state index contributed by atoms with van der Waals surface area (Å²) in [5.41, 5.74) is 0.899. The molecule has 2 aromatic carbocycles. The number of nitrogens with zero attached hydrogens (tertiary/aromatic N) is 1. The lowest BCUT2D eigenvalue weighted by Gasteiger charge is -2.34. The van der Waals surface area contributed by atoms with E-state index < -0.39 is 0 Å². The summed E-state index contributed by atoms with van der Waals surface area (Å²) in [6.07, 6.45) is 1.97. The Kier molecular flexibility index (Phi) is 4.07. The molecular formula is C19H23NO. The van der Waals surface area contributed by atoms with Gasteiger partial charge in [-0.05, 0) is 50.6 Å². The van der Waals surface area contributed by atoms with E-state index in [2.05, 4.69) is 36.9 Å². The van der Waals surface area contributed by atoms with Crippen LogP contribution in [0.2, 0.25) is 0 Å². The maximum atomic E-state index is 12.9. The number of carbonyl (C=O) groups is 1. The number of piperidine rings is 1. The summed E-state index contributed by atoms with van der Waals surface area (Å²) in [5, 5.41) is 2.25. The lowest BCUT2D eigenvalue weighted by Crippen LogP contribution is -2.40. The Morgan fingerprint density at radius 1 is 1.05 bits per heavy atom. The Morgan fingerprint density at radius 3 is 2.43 bits per heavy atom. The second-order valence-electron chi connectivity index (χ2n) is 6.29. The highest BCUT2D eigenvalue weighted by molar-refractivity contribution is 6.09. The number of hydrogen-bond acceptors (Lipinski definition) is 2. The van der Waals surface area contributed by atoms with Crippen molar-refractivity contribution < 1.29 is 4.79 Å². The summed E-state index contributed by atoms with van der Waals surface area (Å²) in [6.45, 7) is 6.54. The van der Waals surface area contributed by atoms with Crippen molar-refractivity contribution in [2.45, 2.75) is 32.7 Å². The third-order valence-corrected chi connectivity index (χ3v) is 4.69. The zero-order valence-corrected chi connectivity index (χ0v) is 12.9. The maximum Gasteiger partial charge on any atom is 0.166 e. The molecule has 110 valence electrons. The molecule has 0 spiro atoms. The highest BCUT2D eigenvalue weighted by Crippen LogP contribution is 2.26. The van der Waals surface area contributed by atoms with Crippen LogP contribution in [0.5, 0.6) is 0 Å². The molecule has 1 aliphatic rings. The second kappa shape index (κ2) is 5.98. The second-order valence-corrected chi connectivity index (χ2v) is 6.29. The quantitative estimate of drug-likeness (QED) is 0.788. The van der Waals surface area contributed by atoms with Crippen LogP contribution in [0.15, 0.2) is 42.5 Å². The molecule has 0 N–H and O–H groups in total. The molecule has 1 aliphatic heterocycles. The number of fused-ring (bicyclic) bond motifs is 1. The van der Waals surface area contributed by atoms with Crippen LogP contribution in [0, 0.1) is 5.92 Å². The van der Waals surface area contributed by atoms with Crippen LogP contribution in [0.4, 0.5) is 0 Å². The highest BCUT2D eigenvalue weighted by Gasteiger charge is 2.27. The van der Waals surface area contributed by atoms with Crippen molar-refractivity contribution >= 4 is 16.6 Å². The molecule has 0 bridgehead atoms. The van der Waals surface area contributed by atoms with Crippen molar-refractivity contribution in [3.8, 4) is 0 Å². The van der Waals surface area contributed by atoms with Crippen LogP contribution in [0.25, 0.3) is 10.8 Å². The molecule has 1 fully saturated rings. The Hall–Kier alpha value is -1.67. The molecule has 0 atom stereocenters. The van der Waals surface area contributed by atoms with Crippen LogP contribution in [-0.2, 0) is 0 Å². The van der Waals surface area contributed by atoms with E-state index in [9.17, 15) is 4.79 Å². The molecule has 0 saturated carbocycles.